The number of amides is 1. The molecule has 1 saturated carbocycles. The van der Waals surface area contributed by atoms with Crippen LogP contribution in [-0.4, -0.2) is 72.9 Å². The first kappa shape index (κ1) is 29.6. The van der Waals surface area contributed by atoms with E-state index in [1.807, 2.05) is 28.8 Å². The van der Waals surface area contributed by atoms with Crippen molar-refractivity contribution in [2.45, 2.75) is 56.6 Å². The Bertz CT molecular complexity index is 1640. The number of aliphatic hydroxyl groups is 1. The molecule has 0 bridgehead atoms. The van der Waals surface area contributed by atoms with Gasteiger partial charge in [-0.05, 0) is 68.4 Å². The van der Waals surface area contributed by atoms with E-state index in [9.17, 15) is 27.1 Å². The predicted octanol–water partition coefficient (Wildman–Crippen LogP) is 4.56. The SMILES string of the molecule is C[C@@H](CO)S(=O)(=O)Nc1ccc(NC(=O)c2cc3ccn(C)c3c(N3CCC(F)(F)CC3)n2)c(N2CCC3(CC2)CC3)c1. The average Bonchev–Trinajstić information content (AvgIpc) is 3.63. The van der Waals surface area contributed by atoms with Crippen molar-refractivity contribution in [2.75, 3.05) is 52.6 Å². The van der Waals surface area contributed by atoms with Gasteiger partial charge in [0.2, 0.25) is 10.0 Å². The number of hydrogen-bond acceptors (Lipinski definition) is 7. The highest BCUT2D eigenvalue weighted by Gasteiger charge is 2.44. The maximum atomic E-state index is 13.9. The van der Waals surface area contributed by atoms with Crippen molar-refractivity contribution in [3.63, 3.8) is 0 Å². The van der Waals surface area contributed by atoms with Crippen LogP contribution >= 0.6 is 0 Å². The molecule has 0 unspecified atom stereocenters. The zero-order chi connectivity index (χ0) is 30.6. The summed E-state index contributed by atoms with van der Waals surface area (Å²) in [6.45, 7) is 2.76. The van der Waals surface area contributed by atoms with Gasteiger partial charge in [0.05, 0.1) is 29.2 Å². The highest BCUT2D eigenvalue weighted by Crippen LogP contribution is 2.54. The van der Waals surface area contributed by atoms with Gasteiger partial charge in [0.1, 0.15) is 10.9 Å². The van der Waals surface area contributed by atoms with E-state index in [1.54, 1.807) is 24.3 Å². The standard InChI is InChI=1S/C30H38F2N6O4S/c1-20(19-39)43(41,42)35-22-3-4-23(25(18-22)37-13-8-29(6-7-29)9-14-37)34-28(40)24-17-21-5-12-36(2)26(21)27(33-24)38-15-10-30(31,32)11-16-38/h3-5,12,17-18,20,35,39H,6-11,13-16,19H2,1-2H3,(H,34,40)/t20-/m0/s1. The number of halogens is 2. The monoisotopic (exact) mass is 616 g/mol. The highest BCUT2D eigenvalue weighted by atomic mass is 32.2. The molecule has 1 atom stereocenters. The Kier molecular flexibility index (Phi) is 7.52. The molecule has 1 amide bonds. The minimum atomic E-state index is -3.81. The quantitative estimate of drug-likeness (QED) is 0.339. The molecular formula is C30H38F2N6O4S. The molecule has 3 N–H and O–H groups in total. The number of pyridine rings is 1. The number of nitrogens with zero attached hydrogens (tertiary/aromatic N) is 4. The van der Waals surface area contributed by atoms with Gasteiger partial charge in [-0.15, -0.1) is 0 Å². The molecule has 4 heterocycles. The number of aromatic nitrogens is 2. The largest absolute Gasteiger partial charge is 0.395 e. The summed E-state index contributed by atoms with van der Waals surface area (Å²) in [7, 11) is -1.95. The second-order valence-electron chi connectivity index (χ2n) is 12.4. The Morgan fingerprint density at radius 1 is 1.02 bits per heavy atom. The van der Waals surface area contributed by atoms with Crippen LogP contribution in [0, 0.1) is 5.41 Å². The van der Waals surface area contributed by atoms with Crippen molar-refractivity contribution in [2.24, 2.45) is 12.5 Å². The number of carbonyl (C=O) groups is 1. The number of aryl methyl sites for hydroxylation is 1. The van der Waals surface area contributed by atoms with Gasteiger partial charge in [0.15, 0.2) is 5.82 Å². The number of hydrogen-bond donors (Lipinski definition) is 3. The van der Waals surface area contributed by atoms with Crippen LogP contribution in [-0.2, 0) is 17.1 Å². The van der Waals surface area contributed by atoms with Crippen molar-refractivity contribution < 1.29 is 27.1 Å². The van der Waals surface area contributed by atoms with Crippen LogP contribution in [0.1, 0.15) is 55.9 Å². The number of benzene rings is 1. The summed E-state index contributed by atoms with van der Waals surface area (Å²) >= 11 is 0. The maximum Gasteiger partial charge on any atom is 0.274 e. The lowest BCUT2D eigenvalue weighted by molar-refractivity contribution is -0.0221. The van der Waals surface area contributed by atoms with Gasteiger partial charge in [-0.3, -0.25) is 9.52 Å². The highest BCUT2D eigenvalue weighted by molar-refractivity contribution is 7.93. The lowest BCUT2D eigenvalue weighted by atomic mass is 9.93. The third-order valence-electron chi connectivity index (χ3n) is 9.28. The Morgan fingerprint density at radius 3 is 2.35 bits per heavy atom. The van der Waals surface area contributed by atoms with Crippen LogP contribution in [0.2, 0.25) is 0 Å². The molecule has 2 aliphatic heterocycles. The molecule has 2 saturated heterocycles. The second-order valence-corrected chi connectivity index (χ2v) is 14.5. The maximum absolute atomic E-state index is 13.9. The number of aliphatic hydroxyl groups excluding tert-OH is 1. The van der Waals surface area contributed by atoms with Crippen molar-refractivity contribution in [1.82, 2.24) is 9.55 Å². The number of fused-ring (bicyclic) bond motifs is 1. The van der Waals surface area contributed by atoms with Gasteiger partial charge >= 0.3 is 0 Å². The third-order valence-corrected chi connectivity index (χ3v) is 11.0. The summed E-state index contributed by atoms with van der Waals surface area (Å²) in [6.07, 6.45) is 5.83. The molecule has 232 valence electrons. The molecule has 13 heteroatoms. The predicted molar refractivity (Wildman–Crippen MR) is 164 cm³/mol. The van der Waals surface area contributed by atoms with E-state index in [2.05, 4.69) is 19.9 Å². The van der Waals surface area contributed by atoms with Crippen LogP contribution in [0.25, 0.3) is 10.9 Å². The first-order valence-electron chi connectivity index (χ1n) is 14.8. The lowest BCUT2D eigenvalue weighted by Crippen LogP contribution is -2.40. The topological polar surface area (TPSA) is 120 Å². The summed E-state index contributed by atoms with van der Waals surface area (Å²) in [6, 6.07) is 8.54. The van der Waals surface area contributed by atoms with E-state index in [-0.39, 0.29) is 31.6 Å². The number of alkyl halides is 2. The summed E-state index contributed by atoms with van der Waals surface area (Å²) < 4.78 is 57.6. The van der Waals surface area contributed by atoms with E-state index < -0.39 is 33.7 Å². The second kappa shape index (κ2) is 10.9. The molecule has 2 aromatic heterocycles. The Morgan fingerprint density at radius 2 is 1.70 bits per heavy atom. The number of piperidine rings is 2. The van der Waals surface area contributed by atoms with E-state index in [0.717, 1.165) is 36.8 Å². The Balaban J connectivity index is 1.31. The van der Waals surface area contributed by atoms with Gasteiger partial charge in [-0.1, -0.05) is 0 Å². The first-order chi connectivity index (χ1) is 20.4. The van der Waals surface area contributed by atoms with Crippen molar-refractivity contribution >= 4 is 49.7 Å². The Labute approximate surface area is 250 Å². The molecule has 3 aliphatic rings. The number of sulfonamides is 1. The summed E-state index contributed by atoms with van der Waals surface area (Å²) in [5.74, 6) is -2.66. The molecule has 10 nitrogen and oxygen atoms in total. The van der Waals surface area contributed by atoms with Crippen LogP contribution in [0.4, 0.5) is 31.7 Å². The number of carbonyl (C=O) groups excluding carboxylic acids is 1. The summed E-state index contributed by atoms with van der Waals surface area (Å²) in [5.41, 5.74) is 2.91. The zero-order valence-corrected chi connectivity index (χ0v) is 25.3. The zero-order valence-electron chi connectivity index (χ0n) is 24.4. The molecular weight excluding hydrogens is 578 g/mol. The van der Waals surface area contributed by atoms with E-state index in [1.165, 1.54) is 19.8 Å². The minimum Gasteiger partial charge on any atom is -0.395 e. The van der Waals surface area contributed by atoms with Crippen molar-refractivity contribution in [3.8, 4) is 0 Å². The van der Waals surface area contributed by atoms with Gasteiger partial charge < -0.3 is 24.8 Å². The Hall–Kier alpha value is -3.45. The van der Waals surface area contributed by atoms with Crippen molar-refractivity contribution in [3.05, 3.63) is 42.2 Å². The van der Waals surface area contributed by atoms with E-state index in [4.69, 9.17) is 0 Å². The fraction of sp³-hybridized carbons (Fsp3) is 0.533. The molecule has 1 aromatic carbocycles. The fourth-order valence-electron chi connectivity index (χ4n) is 6.09. The molecule has 1 aliphatic carbocycles. The van der Waals surface area contributed by atoms with Crippen LogP contribution in [0.3, 0.4) is 0 Å². The third kappa shape index (κ3) is 6.01. The van der Waals surface area contributed by atoms with Crippen molar-refractivity contribution in [1.29, 1.82) is 0 Å². The van der Waals surface area contributed by atoms with Crippen LogP contribution in [0.5, 0.6) is 0 Å². The summed E-state index contributed by atoms with van der Waals surface area (Å²) in [5, 5.41) is 12.2. The lowest BCUT2D eigenvalue weighted by Gasteiger charge is -2.35. The fourth-order valence-corrected chi connectivity index (χ4v) is 6.95. The van der Waals surface area contributed by atoms with Gasteiger partial charge in [0.25, 0.3) is 11.8 Å². The molecule has 3 aromatic rings. The number of anilines is 4. The number of rotatable bonds is 8. The van der Waals surface area contributed by atoms with E-state index in [0.29, 0.717) is 28.3 Å². The van der Waals surface area contributed by atoms with Crippen LogP contribution < -0.4 is 19.8 Å². The number of nitrogens with one attached hydrogen (secondary N) is 2. The molecule has 43 heavy (non-hydrogen) atoms. The minimum absolute atomic E-state index is 0.137. The molecule has 0 radical (unpaired) electrons. The van der Waals surface area contributed by atoms with Gasteiger partial charge in [0, 0.05) is 57.7 Å². The average molecular weight is 617 g/mol. The van der Waals surface area contributed by atoms with Crippen LogP contribution in [0.15, 0.2) is 36.5 Å². The van der Waals surface area contributed by atoms with Gasteiger partial charge in [-0.25, -0.2) is 22.2 Å². The normalized spacial score (nSPS) is 20.3. The van der Waals surface area contributed by atoms with Gasteiger partial charge in [-0.2, -0.15) is 0 Å². The summed E-state index contributed by atoms with van der Waals surface area (Å²) in [4.78, 5) is 22.4. The molecule has 1 spiro atoms. The first-order valence-corrected chi connectivity index (χ1v) is 16.4. The molecule has 3 fully saturated rings. The smallest absolute Gasteiger partial charge is 0.274 e. The van der Waals surface area contributed by atoms with E-state index >= 15 is 0 Å². The molecule has 6 rings (SSSR count).